The lowest BCUT2D eigenvalue weighted by atomic mass is 10.2. The number of hydrogen-bond donors (Lipinski definition) is 1. The number of aromatic nitrogens is 3. The van der Waals surface area contributed by atoms with E-state index >= 15 is 0 Å². The minimum atomic E-state index is -4.43. The molecule has 0 atom stereocenters. The first kappa shape index (κ1) is 13.1. The van der Waals surface area contributed by atoms with Crippen LogP contribution in [0.3, 0.4) is 0 Å². The molecule has 0 aliphatic heterocycles. The molecule has 0 fully saturated rings. The highest BCUT2D eigenvalue weighted by Crippen LogP contribution is 2.13. The topological polar surface area (TPSA) is 59.8 Å². The van der Waals surface area contributed by atoms with Gasteiger partial charge in [-0.3, -0.25) is 9.36 Å². The van der Waals surface area contributed by atoms with Gasteiger partial charge in [0, 0.05) is 18.6 Å². The Hall–Kier alpha value is -2.38. The van der Waals surface area contributed by atoms with Crippen molar-refractivity contribution in [2.45, 2.75) is 6.18 Å². The summed E-state index contributed by atoms with van der Waals surface area (Å²) in [6.07, 6.45) is 1.52. The maximum atomic E-state index is 11.9. The number of halogens is 3. The Morgan fingerprint density at radius 1 is 1.37 bits per heavy atom. The lowest BCUT2D eigenvalue weighted by molar-refractivity contribution is -0.123. The molecule has 2 aromatic heterocycles. The minimum Gasteiger partial charge on any atom is -0.343 e. The van der Waals surface area contributed by atoms with Gasteiger partial charge in [0.1, 0.15) is 18.7 Å². The van der Waals surface area contributed by atoms with Crippen LogP contribution in [0.5, 0.6) is 0 Å². The zero-order valence-electron chi connectivity index (χ0n) is 9.55. The van der Waals surface area contributed by atoms with Gasteiger partial charge in [0.05, 0.1) is 5.56 Å². The number of carbonyl (C=O) groups excluding carboxylic acids is 1. The van der Waals surface area contributed by atoms with E-state index in [9.17, 15) is 18.0 Å². The number of amides is 1. The number of carbonyl (C=O) groups is 1. The van der Waals surface area contributed by atoms with Gasteiger partial charge in [-0.1, -0.05) is 0 Å². The predicted octanol–water partition coefficient (Wildman–Crippen LogP) is 1.56. The smallest absolute Gasteiger partial charge is 0.343 e. The van der Waals surface area contributed by atoms with E-state index in [2.05, 4.69) is 9.97 Å². The first-order valence-electron chi connectivity index (χ1n) is 5.25. The van der Waals surface area contributed by atoms with Crippen molar-refractivity contribution in [2.24, 2.45) is 0 Å². The van der Waals surface area contributed by atoms with Crippen molar-refractivity contribution in [3.05, 3.63) is 42.6 Å². The van der Waals surface area contributed by atoms with Crippen LogP contribution in [-0.4, -0.2) is 33.2 Å². The molecular formula is C11H9F3N4O. The van der Waals surface area contributed by atoms with Crippen LogP contribution in [0, 0.1) is 0 Å². The largest absolute Gasteiger partial charge is 0.405 e. The van der Waals surface area contributed by atoms with E-state index in [1.807, 2.05) is 0 Å². The number of imidazole rings is 1. The molecule has 0 bridgehead atoms. The standard InChI is InChI=1S/C11H9F3N4O/c12-11(13,14)6-17-10(19)8-1-2-9(16-5-8)18-4-3-15-7-18/h1-5,7H,6H2,(H,17,19). The summed E-state index contributed by atoms with van der Waals surface area (Å²) in [5.74, 6) is -0.299. The third kappa shape index (κ3) is 3.54. The molecule has 8 heteroatoms. The fourth-order valence-electron chi connectivity index (χ4n) is 1.35. The van der Waals surface area contributed by atoms with Crippen molar-refractivity contribution < 1.29 is 18.0 Å². The number of alkyl halides is 3. The maximum Gasteiger partial charge on any atom is 0.405 e. The van der Waals surface area contributed by atoms with Gasteiger partial charge < -0.3 is 5.32 Å². The Balaban J connectivity index is 2.04. The number of hydrogen-bond acceptors (Lipinski definition) is 3. The molecule has 0 radical (unpaired) electrons. The molecule has 2 rings (SSSR count). The van der Waals surface area contributed by atoms with Crippen LogP contribution < -0.4 is 5.32 Å². The van der Waals surface area contributed by atoms with E-state index in [-0.39, 0.29) is 5.56 Å². The molecule has 2 heterocycles. The van der Waals surface area contributed by atoms with Crippen molar-refractivity contribution >= 4 is 5.91 Å². The molecule has 0 aromatic carbocycles. The number of rotatable bonds is 3. The summed E-state index contributed by atoms with van der Waals surface area (Å²) in [5.41, 5.74) is 0.0631. The molecule has 19 heavy (non-hydrogen) atoms. The van der Waals surface area contributed by atoms with Gasteiger partial charge in [0.2, 0.25) is 0 Å². The number of nitrogens with zero attached hydrogens (tertiary/aromatic N) is 3. The van der Waals surface area contributed by atoms with Gasteiger partial charge in [-0.15, -0.1) is 0 Å². The van der Waals surface area contributed by atoms with E-state index in [1.54, 1.807) is 22.3 Å². The summed E-state index contributed by atoms with van der Waals surface area (Å²) < 4.78 is 37.4. The van der Waals surface area contributed by atoms with E-state index in [0.717, 1.165) is 0 Å². The van der Waals surface area contributed by atoms with Crippen LogP contribution in [0.1, 0.15) is 10.4 Å². The normalized spacial score (nSPS) is 11.3. The van der Waals surface area contributed by atoms with Gasteiger partial charge in [-0.2, -0.15) is 13.2 Å². The second-order valence-electron chi connectivity index (χ2n) is 3.67. The average Bonchev–Trinajstić information content (AvgIpc) is 2.89. The van der Waals surface area contributed by atoms with E-state index in [4.69, 9.17) is 0 Å². The van der Waals surface area contributed by atoms with Crippen molar-refractivity contribution in [2.75, 3.05) is 6.54 Å². The monoisotopic (exact) mass is 270 g/mol. The first-order valence-corrected chi connectivity index (χ1v) is 5.25. The molecule has 0 spiro atoms. The molecule has 5 nitrogen and oxygen atoms in total. The molecule has 2 aromatic rings. The highest BCUT2D eigenvalue weighted by atomic mass is 19.4. The van der Waals surface area contributed by atoms with Crippen LogP contribution in [0.25, 0.3) is 5.82 Å². The van der Waals surface area contributed by atoms with Crippen LogP contribution in [0.2, 0.25) is 0 Å². The molecular weight excluding hydrogens is 261 g/mol. The highest BCUT2D eigenvalue weighted by Gasteiger charge is 2.27. The Morgan fingerprint density at radius 2 is 2.16 bits per heavy atom. The van der Waals surface area contributed by atoms with Crippen molar-refractivity contribution in [3.8, 4) is 5.82 Å². The summed E-state index contributed by atoms with van der Waals surface area (Å²) in [5, 5.41) is 1.77. The zero-order valence-corrected chi connectivity index (χ0v) is 9.55. The quantitative estimate of drug-likeness (QED) is 0.920. The minimum absolute atomic E-state index is 0.0631. The van der Waals surface area contributed by atoms with Crippen LogP contribution >= 0.6 is 0 Å². The summed E-state index contributed by atoms with van der Waals surface area (Å²) in [4.78, 5) is 19.2. The van der Waals surface area contributed by atoms with Gasteiger partial charge in [0.25, 0.3) is 5.91 Å². The lowest BCUT2D eigenvalue weighted by Gasteiger charge is -2.08. The van der Waals surface area contributed by atoms with Crippen molar-refractivity contribution in [3.63, 3.8) is 0 Å². The molecule has 100 valence electrons. The molecule has 0 aliphatic carbocycles. The van der Waals surface area contributed by atoms with Crippen LogP contribution in [0.15, 0.2) is 37.1 Å². The van der Waals surface area contributed by atoms with Gasteiger partial charge in [-0.05, 0) is 12.1 Å². The Labute approximate surface area is 106 Å². The molecule has 0 unspecified atom stereocenters. The lowest BCUT2D eigenvalue weighted by Crippen LogP contribution is -2.33. The fourth-order valence-corrected chi connectivity index (χ4v) is 1.35. The SMILES string of the molecule is O=C(NCC(F)(F)F)c1ccc(-n2ccnc2)nc1. The van der Waals surface area contributed by atoms with Gasteiger partial charge in [0.15, 0.2) is 0 Å². The molecule has 1 amide bonds. The fraction of sp³-hybridized carbons (Fsp3) is 0.182. The molecule has 0 saturated carbocycles. The number of pyridine rings is 1. The highest BCUT2D eigenvalue weighted by molar-refractivity contribution is 5.93. The van der Waals surface area contributed by atoms with E-state index in [1.165, 1.54) is 24.7 Å². The second-order valence-corrected chi connectivity index (χ2v) is 3.67. The third-order valence-corrected chi connectivity index (χ3v) is 2.23. The zero-order chi connectivity index (χ0) is 13.9. The molecule has 0 saturated heterocycles. The van der Waals surface area contributed by atoms with Gasteiger partial charge >= 0.3 is 6.18 Å². The van der Waals surface area contributed by atoms with Crippen LogP contribution in [0.4, 0.5) is 13.2 Å². The Morgan fingerprint density at radius 3 is 2.68 bits per heavy atom. The predicted molar refractivity (Wildman–Crippen MR) is 59.7 cm³/mol. The second kappa shape index (κ2) is 5.09. The first-order chi connectivity index (χ1) is 8.96. The summed E-state index contributed by atoms with van der Waals surface area (Å²) >= 11 is 0. The van der Waals surface area contributed by atoms with Crippen molar-refractivity contribution in [1.29, 1.82) is 0 Å². The maximum absolute atomic E-state index is 11.9. The van der Waals surface area contributed by atoms with E-state index < -0.39 is 18.6 Å². The molecule has 0 aliphatic rings. The van der Waals surface area contributed by atoms with Gasteiger partial charge in [-0.25, -0.2) is 9.97 Å². The van der Waals surface area contributed by atoms with E-state index in [0.29, 0.717) is 5.82 Å². The molecule has 1 N–H and O–H groups in total. The third-order valence-electron chi connectivity index (χ3n) is 2.23. The Bertz CT molecular complexity index is 548. The van der Waals surface area contributed by atoms with Crippen LogP contribution in [-0.2, 0) is 0 Å². The average molecular weight is 270 g/mol. The Kier molecular flexibility index (Phi) is 3.50. The summed E-state index contributed by atoms with van der Waals surface area (Å²) in [6.45, 7) is -1.37. The number of nitrogens with one attached hydrogen (secondary N) is 1. The summed E-state index contributed by atoms with van der Waals surface area (Å²) in [6, 6.07) is 2.91. The van der Waals surface area contributed by atoms with Crippen molar-refractivity contribution in [1.82, 2.24) is 19.9 Å². The summed E-state index contributed by atoms with van der Waals surface area (Å²) in [7, 11) is 0.